The Balaban J connectivity index is 2.14. The number of nitrogens with zero attached hydrogens (tertiary/aromatic N) is 2. The number of aromatic nitrogens is 2. The highest BCUT2D eigenvalue weighted by Crippen LogP contribution is 2.20. The molecule has 13 heavy (non-hydrogen) atoms. The van der Waals surface area contributed by atoms with Gasteiger partial charge >= 0.3 is 0 Å². The number of thiophene rings is 1. The number of rotatable bonds is 2. The molecule has 0 amide bonds. The topological polar surface area (TPSA) is 43.8 Å². The maximum Gasteiger partial charge on any atom is 0.141 e. The van der Waals surface area contributed by atoms with Gasteiger partial charge in [-0.05, 0) is 22.0 Å². The van der Waals surface area contributed by atoms with Crippen LogP contribution in [0.15, 0.2) is 28.4 Å². The molecule has 0 unspecified atom stereocenters. The lowest BCUT2D eigenvalue weighted by Gasteiger charge is -1.96. The summed E-state index contributed by atoms with van der Waals surface area (Å²) < 4.78 is 3.09. The zero-order chi connectivity index (χ0) is 9.26. The van der Waals surface area contributed by atoms with Gasteiger partial charge in [-0.3, -0.25) is 0 Å². The molecule has 0 aliphatic heterocycles. The monoisotopic (exact) mass is 257 g/mol. The van der Waals surface area contributed by atoms with E-state index in [0.29, 0.717) is 5.82 Å². The van der Waals surface area contributed by atoms with Crippen LogP contribution in [-0.4, -0.2) is 9.55 Å². The van der Waals surface area contributed by atoms with Crippen molar-refractivity contribution < 1.29 is 0 Å². The van der Waals surface area contributed by atoms with Crippen LogP contribution in [-0.2, 0) is 6.54 Å². The summed E-state index contributed by atoms with van der Waals surface area (Å²) in [6, 6.07) is 2.10. The lowest BCUT2D eigenvalue weighted by molar-refractivity contribution is 0.810. The van der Waals surface area contributed by atoms with Crippen LogP contribution in [0, 0.1) is 0 Å². The fraction of sp³-hybridized carbons (Fsp3) is 0.125. The standard InChI is InChI=1S/C8H8BrN3S/c9-6-1-7(13-4-6)2-12-3-8(10)11-5-12/h1,3-5H,2,10H2. The molecule has 0 aliphatic rings. The third-order valence-electron chi connectivity index (χ3n) is 1.61. The van der Waals surface area contributed by atoms with Crippen molar-refractivity contribution in [1.29, 1.82) is 0 Å². The van der Waals surface area contributed by atoms with Crippen LogP contribution >= 0.6 is 27.3 Å². The molecule has 2 aromatic rings. The van der Waals surface area contributed by atoms with Gasteiger partial charge in [0.25, 0.3) is 0 Å². The predicted molar refractivity (Wildman–Crippen MR) is 57.8 cm³/mol. The van der Waals surface area contributed by atoms with E-state index in [4.69, 9.17) is 5.73 Å². The van der Waals surface area contributed by atoms with Crippen molar-refractivity contribution >= 4 is 33.1 Å². The first kappa shape index (κ1) is 8.77. The molecule has 2 N–H and O–H groups in total. The summed E-state index contributed by atoms with van der Waals surface area (Å²) in [7, 11) is 0. The molecule has 0 radical (unpaired) electrons. The van der Waals surface area contributed by atoms with Crippen LogP contribution in [0.5, 0.6) is 0 Å². The highest BCUT2D eigenvalue weighted by atomic mass is 79.9. The van der Waals surface area contributed by atoms with Crippen LogP contribution in [0.1, 0.15) is 4.88 Å². The third-order valence-corrected chi connectivity index (χ3v) is 3.30. The van der Waals surface area contributed by atoms with Crippen molar-refractivity contribution in [3.05, 3.63) is 33.3 Å². The van der Waals surface area contributed by atoms with Gasteiger partial charge in [0.05, 0.1) is 12.9 Å². The van der Waals surface area contributed by atoms with Crippen molar-refractivity contribution in [3.63, 3.8) is 0 Å². The van der Waals surface area contributed by atoms with E-state index in [2.05, 4.69) is 32.4 Å². The fourth-order valence-corrected chi connectivity index (χ4v) is 2.54. The summed E-state index contributed by atoms with van der Waals surface area (Å²) in [6.07, 6.45) is 3.57. The number of nitrogen functional groups attached to an aromatic ring is 1. The number of anilines is 1. The number of hydrogen-bond donors (Lipinski definition) is 1. The molecule has 0 saturated heterocycles. The Kier molecular flexibility index (Phi) is 2.37. The average Bonchev–Trinajstić information content (AvgIpc) is 2.62. The Bertz CT molecular complexity index is 369. The predicted octanol–water partition coefficient (Wildman–Crippen LogP) is 2.34. The van der Waals surface area contributed by atoms with Gasteiger partial charge in [0.15, 0.2) is 0 Å². The minimum absolute atomic E-state index is 0.565. The number of halogens is 1. The third kappa shape index (κ3) is 2.10. The summed E-state index contributed by atoms with van der Waals surface area (Å²) in [5, 5.41) is 2.07. The molecule has 0 saturated carbocycles. The molecule has 0 spiro atoms. The molecule has 0 atom stereocenters. The van der Waals surface area contributed by atoms with Crippen molar-refractivity contribution in [2.24, 2.45) is 0 Å². The van der Waals surface area contributed by atoms with E-state index in [1.54, 1.807) is 17.7 Å². The minimum atomic E-state index is 0.565. The Labute approximate surface area is 88.3 Å². The Morgan fingerprint density at radius 2 is 2.46 bits per heavy atom. The number of imidazole rings is 1. The molecular formula is C8H8BrN3S. The molecule has 68 valence electrons. The highest BCUT2D eigenvalue weighted by Gasteiger charge is 1.99. The van der Waals surface area contributed by atoms with Gasteiger partial charge in [0.2, 0.25) is 0 Å². The molecule has 3 nitrogen and oxygen atoms in total. The number of hydrogen-bond acceptors (Lipinski definition) is 3. The second kappa shape index (κ2) is 3.51. The summed E-state index contributed by atoms with van der Waals surface area (Å²) in [6.45, 7) is 0.834. The van der Waals surface area contributed by atoms with Crippen molar-refractivity contribution in [2.75, 3.05) is 5.73 Å². The summed E-state index contributed by atoms with van der Waals surface area (Å²) >= 11 is 5.13. The van der Waals surface area contributed by atoms with Gasteiger partial charge < -0.3 is 10.3 Å². The van der Waals surface area contributed by atoms with Crippen LogP contribution in [0.3, 0.4) is 0 Å². The van der Waals surface area contributed by atoms with Crippen LogP contribution in [0.25, 0.3) is 0 Å². The normalized spacial score (nSPS) is 10.5. The van der Waals surface area contributed by atoms with E-state index in [1.807, 2.05) is 10.8 Å². The molecule has 2 heterocycles. The lowest BCUT2D eigenvalue weighted by Crippen LogP contribution is -1.93. The van der Waals surface area contributed by atoms with Gasteiger partial charge in [-0.1, -0.05) is 0 Å². The molecule has 0 aliphatic carbocycles. The largest absolute Gasteiger partial charge is 0.382 e. The summed E-state index contributed by atoms with van der Waals surface area (Å²) in [5.74, 6) is 0.565. The summed E-state index contributed by atoms with van der Waals surface area (Å²) in [4.78, 5) is 5.23. The van der Waals surface area contributed by atoms with Crippen LogP contribution in [0.2, 0.25) is 0 Å². The first-order chi connectivity index (χ1) is 6.24. The second-order valence-corrected chi connectivity index (χ2v) is 4.61. The molecule has 5 heteroatoms. The zero-order valence-electron chi connectivity index (χ0n) is 6.77. The van der Waals surface area contributed by atoms with E-state index in [0.717, 1.165) is 11.0 Å². The van der Waals surface area contributed by atoms with Crippen molar-refractivity contribution in [2.45, 2.75) is 6.54 Å². The van der Waals surface area contributed by atoms with E-state index in [-0.39, 0.29) is 0 Å². The van der Waals surface area contributed by atoms with Gasteiger partial charge in [-0.2, -0.15) is 0 Å². The molecule has 0 aromatic carbocycles. The number of nitrogens with two attached hydrogens (primary N) is 1. The van der Waals surface area contributed by atoms with E-state index < -0.39 is 0 Å². The maximum atomic E-state index is 5.50. The molecule has 0 fully saturated rings. The Hall–Kier alpha value is -0.810. The maximum absolute atomic E-state index is 5.50. The van der Waals surface area contributed by atoms with E-state index >= 15 is 0 Å². The first-order valence-corrected chi connectivity index (χ1v) is 5.41. The van der Waals surface area contributed by atoms with Gasteiger partial charge in [0, 0.05) is 20.9 Å². The molecule has 2 aromatic heterocycles. The summed E-state index contributed by atoms with van der Waals surface area (Å²) in [5.41, 5.74) is 5.50. The zero-order valence-corrected chi connectivity index (χ0v) is 9.18. The minimum Gasteiger partial charge on any atom is -0.382 e. The Morgan fingerprint density at radius 1 is 1.62 bits per heavy atom. The SMILES string of the molecule is Nc1cn(Cc2cc(Br)cs2)cn1. The molecule has 2 rings (SSSR count). The first-order valence-electron chi connectivity index (χ1n) is 3.74. The van der Waals surface area contributed by atoms with Crippen molar-refractivity contribution in [3.8, 4) is 0 Å². The highest BCUT2D eigenvalue weighted by molar-refractivity contribution is 9.10. The van der Waals surface area contributed by atoms with Gasteiger partial charge in [0.1, 0.15) is 5.82 Å². The van der Waals surface area contributed by atoms with Gasteiger partial charge in [-0.15, -0.1) is 11.3 Å². The smallest absolute Gasteiger partial charge is 0.141 e. The lowest BCUT2D eigenvalue weighted by atomic mass is 10.4. The average molecular weight is 258 g/mol. The molecule has 0 bridgehead atoms. The second-order valence-electron chi connectivity index (χ2n) is 2.70. The van der Waals surface area contributed by atoms with Gasteiger partial charge in [-0.25, -0.2) is 4.98 Å². The van der Waals surface area contributed by atoms with E-state index in [1.165, 1.54) is 4.88 Å². The van der Waals surface area contributed by atoms with Crippen molar-refractivity contribution in [1.82, 2.24) is 9.55 Å². The van der Waals surface area contributed by atoms with E-state index in [9.17, 15) is 0 Å². The Morgan fingerprint density at radius 3 is 3.00 bits per heavy atom. The fourth-order valence-electron chi connectivity index (χ4n) is 1.08. The quantitative estimate of drug-likeness (QED) is 0.898. The van der Waals surface area contributed by atoms with Crippen LogP contribution in [0.4, 0.5) is 5.82 Å². The molecular weight excluding hydrogens is 250 g/mol. The van der Waals surface area contributed by atoms with Crippen LogP contribution < -0.4 is 5.73 Å².